The zero-order valence-corrected chi connectivity index (χ0v) is 11.5. The maximum absolute atomic E-state index is 11.1. The minimum absolute atomic E-state index is 0.00296. The molecule has 21 heavy (non-hydrogen) atoms. The fourth-order valence-electron chi connectivity index (χ4n) is 1.59. The van der Waals surface area contributed by atoms with E-state index in [2.05, 4.69) is 4.99 Å². The van der Waals surface area contributed by atoms with Crippen LogP contribution < -0.4 is 5.14 Å². The van der Waals surface area contributed by atoms with Gasteiger partial charge in [-0.25, -0.2) is 13.6 Å². The van der Waals surface area contributed by atoms with E-state index < -0.39 is 14.9 Å². The fourth-order valence-corrected chi connectivity index (χ4v) is 2.11. The Hall–Kier alpha value is -2.58. The van der Waals surface area contributed by atoms with Crippen LogP contribution in [-0.4, -0.2) is 19.6 Å². The summed E-state index contributed by atoms with van der Waals surface area (Å²) in [5.41, 5.74) is 1.05. The van der Waals surface area contributed by atoms with Crippen LogP contribution in [0.25, 0.3) is 0 Å². The van der Waals surface area contributed by atoms with Crippen LogP contribution in [0, 0.1) is 10.1 Å². The molecule has 2 rings (SSSR count). The molecule has 0 aliphatic carbocycles. The van der Waals surface area contributed by atoms with Gasteiger partial charge >= 0.3 is 0 Å². The first-order chi connectivity index (χ1) is 9.86. The van der Waals surface area contributed by atoms with Crippen LogP contribution in [0.3, 0.4) is 0 Å². The molecule has 7 nitrogen and oxygen atoms in total. The molecule has 0 saturated carbocycles. The van der Waals surface area contributed by atoms with Gasteiger partial charge in [0.1, 0.15) is 0 Å². The number of benzene rings is 2. The van der Waals surface area contributed by atoms with Crippen molar-refractivity contribution in [3.05, 3.63) is 64.2 Å². The first-order valence-electron chi connectivity index (χ1n) is 5.78. The van der Waals surface area contributed by atoms with Crippen LogP contribution in [0.1, 0.15) is 5.56 Å². The third-order valence-electron chi connectivity index (χ3n) is 2.61. The highest BCUT2D eigenvalue weighted by Crippen LogP contribution is 2.16. The number of nitrogens with zero attached hydrogens (tertiary/aromatic N) is 2. The zero-order valence-electron chi connectivity index (χ0n) is 10.7. The van der Waals surface area contributed by atoms with Crippen molar-refractivity contribution in [3.8, 4) is 0 Å². The summed E-state index contributed by atoms with van der Waals surface area (Å²) in [5, 5.41) is 15.6. The molecule has 0 radical (unpaired) electrons. The normalized spacial score (nSPS) is 11.7. The minimum atomic E-state index is -3.73. The number of nitro groups is 1. The van der Waals surface area contributed by atoms with E-state index in [1.165, 1.54) is 42.6 Å². The van der Waals surface area contributed by atoms with Crippen LogP contribution in [0.2, 0.25) is 0 Å². The molecule has 0 spiro atoms. The van der Waals surface area contributed by atoms with E-state index in [-0.39, 0.29) is 10.6 Å². The monoisotopic (exact) mass is 305 g/mol. The van der Waals surface area contributed by atoms with Gasteiger partial charge in [0.2, 0.25) is 10.0 Å². The smallest absolute Gasteiger partial charge is 0.258 e. The molecule has 0 atom stereocenters. The Labute approximate surface area is 121 Å². The molecule has 8 heteroatoms. The molecule has 0 bridgehead atoms. The van der Waals surface area contributed by atoms with Crippen LogP contribution in [0.5, 0.6) is 0 Å². The Morgan fingerprint density at radius 3 is 2.38 bits per heavy atom. The summed E-state index contributed by atoms with van der Waals surface area (Å²) in [6, 6.07) is 11.7. The van der Waals surface area contributed by atoms with Crippen LogP contribution in [0.4, 0.5) is 11.4 Å². The molecule has 108 valence electrons. The van der Waals surface area contributed by atoms with Crippen molar-refractivity contribution in [3.63, 3.8) is 0 Å². The fraction of sp³-hybridized carbons (Fsp3) is 0. The van der Waals surface area contributed by atoms with E-state index in [1.54, 1.807) is 12.1 Å². The van der Waals surface area contributed by atoms with Crippen molar-refractivity contribution in [2.45, 2.75) is 4.90 Å². The molecule has 0 saturated heterocycles. The third-order valence-corrected chi connectivity index (χ3v) is 3.54. The molecule has 0 unspecified atom stereocenters. The number of nitro benzene ring substituents is 1. The van der Waals surface area contributed by atoms with Crippen LogP contribution in [0.15, 0.2) is 58.4 Å². The standard InChI is InChI=1S/C13H11N3O4S/c14-21(19,20)13-6-4-11(5-7-13)15-9-10-2-1-3-12(8-10)16(17)18/h1-9H,(H2,14,19,20). The lowest BCUT2D eigenvalue weighted by Gasteiger charge is -1.98. The second kappa shape index (κ2) is 5.81. The maximum Gasteiger partial charge on any atom is 0.270 e. The summed E-state index contributed by atoms with van der Waals surface area (Å²) in [5.74, 6) is 0. The topological polar surface area (TPSA) is 116 Å². The Morgan fingerprint density at radius 1 is 1.14 bits per heavy atom. The molecule has 0 fully saturated rings. The van der Waals surface area contributed by atoms with E-state index in [0.717, 1.165) is 0 Å². The predicted octanol–water partition coefficient (Wildman–Crippen LogP) is 1.99. The summed E-state index contributed by atoms with van der Waals surface area (Å²) in [4.78, 5) is 14.3. The van der Waals surface area contributed by atoms with Gasteiger partial charge in [-0.15, -0.1) is 0 Å². The van der Waals surface area contributed by atoms with Gasteiger partial charge in [0, 0.05) is 18.3 Å². The second-order valence-electron chi connectivity index (χ2n) is 4.15. The molecule has 2 N–H and O–H groups in total. The molecule has 0 heterocycles. The molecule has 0 amide bonds. The molecular weight excluding hydrogens is 294 g/mol. The lowest BCUT2D eigenvalue weighted by Crippen LogP contribution is -2.11. The van der Waals surface area contributed by atoms with Gasteiger partial charge in [-0.05, 0) is 29.8 Å². The van der Waals surface area contributed by atoms with E-state index in [0.29, 0.717) is 11.3 Å². The number of hydrogen-bond donors (Lipinski definition) is 1. The van der Waals surface area contributed by atoms with Crippen molar-refractivity contribution >= 4 is 27.6 Å². The summed E-state index contributed by atoms with van der Waals surface area (Å²) in [6.07, 6.45) is 1.46. The number of nitrogens with two attached hydrogens (primary N) is 1. The summed E-state index contributed by atoms with van der Waals surface area (Å²) >= 11 is 0. The zero-order chi connectivity index (χ0) is 15.5. The molecule has 2 aromatic carbocycles. The lowest BCUT2D eigenvalue weighted by molar-refractivity contribution is -0.384. The first-order valence-corrected chi connectivity index (χ1v) is 7.32. The largest absolute Gasteiger partial charge is 0.270 e. The van der Waals surface area contributed by atoms with Crippen molar-refractivity contribution in [1.82, 2.24) is 0 Å². The third kappa shape index (κ3) is 3.94. The second-order valence-corrected chi connectivity index (χ2v) is 5.71. The van der Waals surface area contributed by atoms with Crippen molar-refractivity contribution < 1.29 is 13.3 Å². The van der Waals surface area contributed by atoms with Crippen LogP contribution >= 0.6 is 0 Å². The Balaban J connectivity index is 2.22. The van der Waals surface area contributed by atoms with E-state index in [9.17, 15) is 18.5 Å². The highest BCUT2D eigenvalue weighted by molar-refractivity contribution is 7.89. The number of aliphatic imine (C=N–C) groups is 1. The van der Waals surface area contributed by atoms with Gasteiger partial charge in [0.05, 0.1) is 15.5 Å². The van der Waals surface area contributed by atoms with Crippen LogP contribution in [-0.2, 0) is 10.0 Å². The Kier molecular flexibility index (Phi) is 4.10. The highest BCUT2D eigenvalue weighted by Gasteiger charge is 2.06. The summed E-state index contributed by atoms with van der Waals surface area (Å²) in [6.45, 7) is 0. The number of hydrogen-bond acceptors (Lipinski definition) is 5. The van der Waals surface area contributed by atoms with E-state index in [1.807, 2.05) is 0 Å². The van der Waals surface area contributed by atoms with Gasteiger partial charge in [-0.1, -0.05) is 12.1 Å². The van der Waals surface area contributed by atoms with Crippen molar-refractivity contribution in [2.24, 2.45) is 10.1 Å². The maximum atomic E-state index is 11.1. The average molecular weight is 305 g/mol. The Bertz CT molecular complexity index is 798. The number of sulfonamides is 1. The molecule has 2 aromatic rings. The molecule has 0 aliphatic rings. The number of primary sulfonamides is 1. The van der Waals surface area contributed by atoms with Gasteiger partial charge < -0.3 is 0 Å². The van der Waals surface area contributed by atoms with Gasteiger partial charge in [-0.2, -0.15) is 0 Å². The van der Waals surface area contributed by atoms with Crippen molar-refractivity contribution in [1.29, 1.82) is 0 Å². The first kappa shape index (κ1) is 14.8. The predicted molar refractivity (Wildman–Crippen MR) is 78.2 cm³/mol. The van der Waals surface area contributed by atoms with Gasteiger partial charge in [0.15, 0.2) is 0 Å². The molecule has 0 aromatic heterocycles. The Morgan fingerprint density at radius 2 is 1.81 bits per heavy atom. The van der Waals surface area contributed by atoms with E-state index >= 15 is 0 Å². The summed E-state index contributed by atoms with van der Waals surface area (Å²) in [7, 11) is -3.73. The average Bonchev–Trinajstić information content (AvgIpc) is 2.45. The minimum Gasteiger partial charge on any atom is -0.258 e. The summed E-state index contributed by atoms with van der Waals surface area (Å²) < 4.78 is 22.2. The van der Waals surface area contributed by atoms with Crippen molar-refractivity contribution in [2.75, 3.05) is 0 Å². The highest BCUT2D eigenvalue weighted by atomic mass is 32.2. The van der Waals surface area contributed by atoms with Gasteiger partial charge in [0.25, 0.3) is 5.69 Å². The number of rotatable bonds is 4. The van der Waals surface area contributed by atoms with E-state index in [4.69, 9.17) is 5.14 Å². The SMILES string of the molecule is NS(=O)(=O)c1ccc(N=Cc2cccc([N+](=O)[O-])c2)cc1. The lowest BCUT2D eigenvalue weighted by atomic mass is 10.2. The number of non-ortho nitro benzene ring substituents is 1. The quantitative estimate of drug-likeness (QED) is 0.528. The van der Waals surface area contributed by atoms with Gasteiger partial charge in [-0.3, -0.25) is 15.1 Å². The molecular formula is C13H11N3O4S. The molecule has 0 aliphatic heterocycles.